The van der Waals surface area contributed by atoms with Gasteiger partial charge in [-0.1, -0.05) is 31.1 Å². The van der Waals surface area contributed by atoms with Crippen molar-refractivity contribution in [1.82, 2.24) is 15.0 Å². The van der Waals surface area contributed by atoms with Crippen LogP contribution in [0.25, 0.3) is 11.1 Å². The minimum absolute atomic E-state index is 0.0729. The molecule has 2 aromatic heterocycles. The molecule has 32 heavy (non-hydrogen) atoms. The maximum absolute atomic E-state index is 14.1. The van der Waals surface area contributed by atoms with Crippen LogP contribution < -0.4 is 5.73 Å². The number of hydrogen-bond donors (Lipinski definition) is 1. The normalized spacial score (nSPS) is 16.0. The van der Waals surface area contributed by atoms with Gasteiger partial charge in [0.1, 0.15) is 5.82 Å². The van der Waals surface area contributed by atoms with Gasteiger partial charge >= 0.3 is 5.97 Å². The second-order valence-corrected chi connectivity index (χ2v) is 7.19. The van der Waals surface area contributed by atoms with Crippen LogP contribution in [-0.4, -0.2) is 26.6 Å². The first-order valence-corrected chi connectivity index (χ1v) is 10.5. The molecule has 8 heteroatoms. The van der Waals surface area contributed by atoms with Crippen molar-refractivity contribution in [3.8, 4) is 11.1 Å². The summed E-state index contributed by atoms with van der Waals surface area (Å²) in [5.41, 5.74) is 11.1. The van der Waals surface area contributed by atoms with Crippen LogP contribution in [-0.2, 0) is 16.1 Å². The van der Waals surface area contributed by atoms with Crippen molar-refractivity contribution >= 4 is 17.6 Å². The molecule has 2 heterocycles. The fraction of sp³-hybridized carbons (Fsp3) is 0.292. The number of pyridine rings is 1. The Morgan fingerprint density at radius 2 is 2.00 bits per heavy atom. The highest BCUT2D eigenvalue weighted by molar-refractivity contribution is 6.04. The zero-order chi connectivity index (χ0) is 23.3. The molecule has 0 aliphatic heterocycles. The number of anilines is 1. The molecular formula is C24H26FN5O2. The van der Waals surface area contributed by atoms with Crippen molar-refractivity contribution < 1.29 is 14.0 Å². The van der Waals surface area contributed by atoms with E-state index in [2.05, 4.69) is 20.1 Å². The lowest BCUT2D eigenvalue weighted by molar-refractivity contribution is -0.140. The van der Waals surface area contributed by atoms with Crippen LogP contribution >= 0.6 is 0 Å². The van der Waals surface area contributed by atoms with Crippen LogP contribution in [0.4, 0.5) is 10.3 Å². The van der Waals surface area contributed by atoms with E-state index in [0.29, 0.717) is 24.2 Å². The molecule has 1 aliphatic carbocycles. The number of carbonyl (C=O) groups is 1. The van der Waals surface area contributed by atoms with Crippen molar-refractivity contribution in [2.24, 2.45) is 5.16 Å². The number of benzene rings is 1. The zero-order valence-corrected chi connectivity index (χ0v) is 18.6. The van der Waals surface area contributed by atoms with Crippen LogP contribution in [0, 0.1) is 12.7 Å². The van der Waals surface area contributed by atoms with E-state index in [-0.39, 0.29) is 17.7 Å². The Labute approximate surface area is 186 Å². The van der Waals surface area contributed by atoms with Gasteiger partial charge in [0.2, 0.25) is 5.95 Å². The summed E-state index contributed by atoms with van der Waals surface area (Å²) in [5.74, 6) is -0.746. The third kappa shape index (κ3) is 4.96. The predicted molar refractivity (Wildman–Crippen MR) is 122 cm³/mol. The van der Waals surface area contributed by atoms with E-state index < -0.39 is 5.97 Å². The average Bonchev–Trinajstić information content (AvgIpc) is 2.78. The van der Waals surface area contributed by atoms with Crippen molar-refractivity contribution in [1.29, 1.82) is 0 Å². The fourth-order valence-electron chi connectivity index (χ4n) is 3.90. The molecule has 0 saturated carbocycles. The molecule has 0 spiro atoms. The van der Waals surface area contributed by atoms with E-state index in [4.69, 9.17) is 10.6 Å². The number of aromatic nitrogens is 3. The Morgan fingerprint density at radius 3 is 2.69 bits per heavy atom. The minimum atomic E-state index is -0.516. The molecule has 4 rings (SSSR count). The SMILES string of the molecule is CC.CC(=O)O/N=C1\CC(c2ccc(F)cc2-c2cccnc2)Cc2nc(N)nc(C)c21. The molecule has 1 unspecified atom stereocenters. The summed E-state index contributed by atoms with van der Waals surface area (Å²) in [6.07, 6.45) is 4.42. The minimum Gasteiger partial charge on any atom is -0.368 e. The van der Waals surface area contributed by atoms with Crippen LogP contribution in [0.2, 0.25) is 0 Å². The van der Waals surface area contributed by atoms with E-state index in [0.717, 1.165) is 27.9 Å². The molecule has 1 aromatic carbocycles. The number of aryl methyl sites for hydroxylation is 1. The van der Waals surface area contributed by atoms with Gasteiger partial charge in [-0.2, -0.15) is 0 Å². The molecule has 0 saturated heterocycles. The standard InChI is InChI=1S/C22H20FN5O2.C2H6/c1-12-21-19(27-22(24)26-12)8-15(9-20(21)28-30-13(2)29)17-6-5-16(23)10-18(17)14-4-3-7-25-11-14;1-2/h3-7,10-11,15H,8-9H2,1-2H3,(H2,24,26,27);1-2H3/b28-20+;. The number of nitrogens with two attached hydrogens (primary N) is 1. The van der Waals surface area contributed by atoms with Crippen LogP contribution in [0.3, 0.4) is 0 Å². The summed E-state index contributed by atoms with van der Waals surface area (Å²) in [6.45, 7) is 7.11. The quantitative estimate of drug-likeness (QED) is 0.477. The first-order chi connectivity index (χ1) is 15.4. The summed E-state index contributed by atoms with van der Waals surface area (Å²) in [6, 6.07) is 8.41. The number of hydrogen-bond acceptors (Lipinski definition) is 7. The van der Waals surface area contributed by atoms with Crippen molar-refractivity contribution in [2.75, 3.05) is 5.73 Å². The number of fused-ring (bicyclic) bond motifs is 1. The van der Waals surface area contributed by atoms with Gasteiger partial charge in [-0.15, -0.1) is 0 Å². The lowest BCUT2D eigenvalue weighted by Gasteiger charge is -2.27. The number of nitrogen functional groups attached to an aromatic ring is 1. The van der Waals surface area contributed by atoms with Crippen molar-refractivity contribution in [2.45, 2.75) is 46.5 Å². The van der Waals surface area contributed by atoms with Crippen molar-refractivity contribution in [3.05, 3.63) is 71.1 Å². The zero-order valence-electron chi connectivity index (χ0n) is 18.6. The Morgan fingerprint density at radius 1 is 1.22 bits per heavy atom. The topological polar surface area (TPSA) is 103 Å². The Kier molecular flexibility index (Phi) is 7.25. The summed E-state index contributed by atoms with van der Waals surface area (Å²) >= 11 is 0. The van der Waals surface area contributed by atoms with Crippen molar-refractivity contribution in [3.63, 3.8) is 0 Å². The third-order valence-electron chi connectivity index (χ3n) is 5.06. The maximum atomic E-state index is 14.1. The lowest BCUT2D eigenvalue weighted by atomic mass is 9.78. The van der Waals surface area contributed by atoms with Crippen LogP contribution in [0.1, 0.15) is 55.6 Å². The molecular weight excluding hydrogens is 409 g/mol. The Bertz CT molecular complexity index is 1150. The molecule has 0 fully saturated rings. The monoisotopic (exact) mass is 435 g/mol. The van der Waals surface area contributed by atoms with Gasteiger partial charge < -0.3 is 10.6 Å². The predicted octanol–water partition coefficient (Wildman–Crippen LogP) is 4.59. The van der Waals surface area contributed by atoms with Gasteiger partial charge in [-0.3, -0.25) is 4.98 Å². The highest BCUT2D eigenvalue weighted by Crippen LogP contribution is 2.38. The summed E-state index contributed by atoms with van der Waals surface area (Å²) in [4.78, 5) is 29.1. The second kappa shape index (κ2) is 10.1. The first kappa shape index (κ1) is 23.0. The molecule has 0 radical (unpaired) electrons. The second-order valence-electron chi connectivity index (χ2n) is 7.19. The van der Waals surface area contributed by atoms with E-state index in [1.807, 2.05) is 32.9 Å². The molecule has 2 N–H and O–H groups in total. The van der Waals surface area contributed by atoms with E-state index in [1.54, 1.807) is 18.5 Å². The smallest absolute Gasteiger partial charge is 0.331 e. The van der Waals surface area contributed by atoms with Gasteiger partial charge in [0, 0.05) is 36.9 Å². The fourth-order valence-corrected chi connectivity index (χ4v) is 3.90. The average molecular weight is 436 g/mol. The first-order valence-electron chi connectivity index (χ1n) is 10.5. The van der Waals surface area contributed by atoms with Gasteiger partial charge in [-0.25, -0.2) is 19.2 Å². The maximum Gasteiger partial charge on any atom is 0.331 e. The van der Waals surface area contributed by atoms with Gasteiger partial charge in [0.15, 0.2) is 0 Å². The van der Waals surface area contributed by atoms with E-state index >= 15 is 0 Å². The molecule has 166 valence electrons. The summed E-state index contributed by atoms with van der Waals surface area (Å²) in [5, 5.41) is 4.07. The number of oxime groups is 1. The molecule has 3 aromatic rings. The lowest BCUT2D eigenvalue weighted by Crippen LogP contribution is -2.24. The molecule has 1 aliphatic rings. The highest BCUT2D eigenvalue weighted by Gasteiger charge is 2.30. The summed E-state index contributed by atoms with van der Waals surface area (Å²) in [7, 11) is 0. The van der Waals surface area contributed by atoms with Crippen LogP contribution in [0.5, 0.6) is 0 Å². The van der Waals surface area contributed by atoms with Gasteiger partial charge in [-0.05, 0) is 48.6 Å². The number of halogens is 1. The molecule has 0 amide bonds. The molecule has 7 nitrogen and oxygen atoms in total. The van der Waals surface area contributed by atoms with E-state index in [1.165, 1.54) is 19.1 Å². The Balaban J connectivity index is 0.00000141. The van der Waals surface area contributed by atoms with E-state index in [9.17, 15) is 9.18 Å². The van der Waals surface area contributed by atoms with Gasteiger partial charge in [0.05, 0.1) is 17.1 Å². The number of nitrogens with zero attached hydrogens (tertiary/aromatic N) is 4. The summed E-state index contributed by atoms with van der Waals surface area (Å²) < 4.78 is 14.1. The van der Waals surface area contributed by atoms with Crippen LogP contribution in [0.15, 0.2) is 47.9 Å². The van der Waals surface area contributed by atoms with Gasteiger partial charge in [0.25, 0.3) is 0 Å². The largest absolute Gasteiger partial charge is 0.368 e. The number of carbonyl (C=O) groups excluding carboxylic acids is 1. The molecule has 0 bridgehead atoms. The highest BCUT2D eigenvalue weighted by atomic mass is 19.1. The molecule has 1 atom stereocenters. The third-order valence-corrected chi connectivity index (χ3v) is 5.06. The number of rotatable bonds is 3. The Hall–Kier alpha value is -3.68.